The fourth-order valence-electron chi connectivity index (χ4n) is 5.32. The maximum absolute atomic E-state index is 14.0. The van der Waals surface area contributed by atoms with Crippen LogP contribution in [-0.2, 0) is 18.3 Å². The third-order valence-electron chi connectivity index (χ3n) is 7.25. The first-order valence-corrected chi connectivity index (χ1v) is 12.4. The smallest absolute Gasteiger partial charge is 0.294 e. The summed E-state index contributed by atoms with van der Waals surface area (Å²) in [5.41, 5.74) is 3.79. The number of hydrogen-bond acceptors (Lipinski definition) is 5. The van der Waals surface area contributed by atoms with Crippen molar-refractivity contribution in [2.75, 3.05) is 12.0 Å². The molecular weight excluding hydrogens is 480 g/mol. The van der Waals surface area contributed by atoms with E-state index < -0.39 is 23.5 Å². The van der Waals surface area contributed by atoms with Crippen molar-refractivity contribution in [2.45, 2.75) is 19.4 Å². The highest BCUT2D eigenvalue weighted by Crippen LogP contribution is 2.45. The Balaban J connectivity index is 1.55. The highest BCUT2D eigenvalue weighted by atomic mass is 16.5. The zero-order valence-corrected chi connectivity index (χ0v) is 21.3. The lowest BCUT2D eigenvalue weighted by Crippen LogP contribution is -2.31. The van der Waals surface area contributed by atoms with Crippen LogP contribution in [0.15, 0.2) is 94.7 Å². The molecule has 1 aliphatic rings. The second-order valence-electron chi connectivity index (χ2n) is 9.39. The van der Waals surface area contributed by atoms with Crippen LogP contribution >= 0.6 is 0 Å². The highest BCUT2D eigenvalue weighted by Gasteiger charge is 2.46. The van der Waals surface area contributed by atoms with E-state index in [1.54, 1.807) is 18.2 Å². The van der Waals surface area contributed by atoms with Gasteiger partial charge in [-0.1, -0.05) is 49.4 Å². The van der Waals surface area contributed by atoms with E-state index in [1.165, 1.54) is 12.0 Å². The number of amides is 1. The van der Waals surface area contributed by atoms with E-state index in [4.69, 9.17) is 9.15 Å². The number of aliphatic hydroxyl groups is 1. The van der Waals surface area contributed by atoms with Crippen molar-refractivity contribution in [1.29, 1.82) is 0 Å². The van der Waals surface area contributed by atoms with Crippen LogP contribution in [0.4, 0.5) is 5.69 Å². The summed E-state index contributed by atoms with van der Waals surface area (Å²) >= 11 is 0. The van der Waals surface area contributed by atoms with Crippen molar-refractivity contribution in [2.24, 2.45) is 7.05 Å². The lowest BCUT2D eigenvalue weighted by molar-refractivity contribution is -0.117. The molecule has 1 amide bonds. The molecule has 0 aliphatic carbocycles. The van der Waals surface area contributed by atoms with Crippen LogP contribution in [-0.4, -0.2) is 28.5 Å². The van der Waals surface area contributed by atoms with Crippen molar-refractivity contribution in [3.8, 4) is 5.75 Å². The number of nitrogens with zero attached hydrogens (tertiary/aromatic N) is 2. The Kier molecular flexibility index (Phi) is 5.56. The molecule has 38 heavy (non-hydrogen) atoms. The molecule has 190 valence electrons. The summed E-state index contributed by atoms with van der Waals surface area (Å²) < 4.78 is 13.3. The second-order valence-corrected chi connectivity index (χ2v) is 9.39. The van der Waals surface area contributed by atoms with E-state index in [-0.39, 0.29) is 11.3 Å². The Bertz CT molecular complexity index is 1760. The SMILES string of the molecule is CCc1ccc(N2C(=O)C(O)=C(C(=O)c3cc4cccc(OC)c4o3)C2c2cn(C)c3ccccc23)cc1. The van der Waals surface area contributed by atoms with Crippen molar-refractivity contribution in [3.63, 3.8) is 0 Å². The maximum Gasteiger partial charge on any atom is 0.294 e. The van der Waals surface area contributed by atoms with Gasteiger partial charge in [-0.2, -0.15) is 0 Å². The van der Waals surface area contributed by atoms with E-state index in [0.717, 1.165) is 28.5 Å². The Labute approximate surface area is 219 Å². The second kappa shape index (κ2) is 8.95. The fraction of sp³-hybridized carbons (Fsp3) is 0.161. The van der Waals surface area contributed by atoms with Gasteiger partial charge in [0.15, 0.2) is 22.9 Å². The van der Waals surface area contributed by atoms with Gasteiger partial charge in [-0.25, -0.2) is 0 Å². The molecule has 0 saturated heterocycles. The minimum Gasteiger partial charge on any atom is -0.503 e. The van der Waals surface area contributed by atoms with Crippen LogP contribution in [0.25, 0.3) is 21.9 Å². The van der Waals surface area contributed by atoms with Crippen molar-refractivity contribution in [3.05, 3.63) is 107 Å². The predicted molar refractivity (Wildman–Crippen MR) is 146 cm³/mol. The third-order valence-corrected chi connectivity index (χ3v) is 7.25. The molecule has 6 rings (SSSR count). The summed E-state index contributed by atoms with van der Waals surface area (Å²) in [5.74, 6) is -1.26. The lowest BCUT2D eigenvalue weighted by atomic mass is 9.94. The standard InChI is InChI=1S/C31H26N2O5/c1-4-18-12-14-20(15-13-18)33-27(22-17-32(2)23-10-6-5-9-21(22)23)26(29(35)31(33)36)28(34)25-16-19-8-7-11-24(37-3)30(19)38-25/h5-17,27,35H,4H2,1-3H3. The first kappa shape index (κ1) is 23.6. The molecule has 3 heterocycles. The Morgan fingerprint density at radius 3 is 2.55 bits per heavy atom. The van der Waals surface area contributed by atoms with Crippen molar-refractivity contribution < 1.29 is 23.8 Å². The first-order chi connectivity index (χ1) is 18.4. The molecule has 0 radical (unpaired) electrons. The molecule has 0 saturated carbocycles. The lowest BCUT2D eigenvalue weighted by Gasteiger charge is -2.26. The summed E-state index contributed by atoms with van der Waals surface area (Å²) in [6.07, 6.45) is 2.76. The van der Waals surface area contributed by atoms with E-state index in [1.807, 2.05) is 72.4 Å². The molecule has 7 nitrogen and oxygen atoms in total. The summed E-state index contributed by atoms with van der Waals surface area (Å²) in [5, 5.41) is 12.8. The number of ether oxygens (including phenoxy) is 1. The van der Waals surface area contributed by atoms with Gasteiger partial charge < -0.3 is 18.8 Å². The van der Waals surface area contributed by atoms with Gasteiger partial charge >= 0.3 is 0 Å². The normalized spacial score (nSPS) is 15.7. The minimum atomic E-state index is -0.858. The largest absolute Gasteiger partial charge is 0.503 e. The topological polar surface area (TPSA) is 84.9 Å². The van der Waals surface area contributed by atoms with Crippen LogP contribution < -0.4 is 9.64 Å². The van der Waals surface area contributed by atoms with Crippen LogP contribution in [0.3, 0.4) is 0 Å². The number of Topliss-reactive ketones (excluding diaryl/α,β-unsaturated/α-hetero) is 1. The number of aliphatic hydroxyl groups excluding tert-OH is 1. The van der Waals surface area contributed by atoms with E-state index in [0.29, 0.717) is 22.4 Å². The van der Waals surface area contributed by atoms with Gasteiger partial charge in [0.05, 0.1) is 18.7 Å². The van der Waals surface area contributed by atoms with Gasteiger partial charge in [-0.05, 0) is 42.3 Å². The highest BCUT2D eigenvalue weighted by molar-refractivity contribution is 6.21. The molecule has 0 bridgehead atoms. The first-order valence-electron chi connectivity index (χ1n) is 12.4. The molecule has 1 N–H and O–H groups in total. The molecule has 5 aromatic rings. The van der Waals surface area contributed by atoms with Crippen LogP contribution in [0.1, 0.15) is 34.6 Å². The van der Waals surface area contributed by atoms with Crippen LogP contribution in [0, 0.1) is 0 Å². The number of hydrogen-bond donors (Lipinski definition) is 1. The number of methoxy groups -OCH3 is 1. The summed E-state index contributed by atoms with van der Waals surface area (Å²) in [4.78, 5) is 29.1. The van der Waals surface area contributed by atoms with Gasteiger partial charge in [-0.3, -0.25) is 14.5 Å². The number of aromatic nitrogens is 1. The van der Waals surface area contributed by atoms with Gasteiger partial charge in [-0.15, -0.1) is 0 Å². The van der Waals surface area contributed by atoms with Gasteiger partial charge in [0.2, 0.25) is 5.78 Å². The average molecular weight is 507 g/mol. The summed E-state index contributed by atoms with van der Waals surface area (Å²) in [6.45, 7) is 2.06. The Morgan fingerprint density at radius 2 is 1.82 bits per heavy atom. The number of anilines is 1. The summed E-state index contributed by atoms with van der Waals surface area (Å²) in [7, 11) is 3.45. The minimum absolute atomic E-state index is 0.0206. The quantitative estimate of drug-likeness (QED) is 0.274. The zero-order chi connectivity index (χ0) is 26.6. The predicted octanol–water partition coefficient (Wildman–Crippen LogP) is 6.28. The van der Waals surface area contributed by atoms with Gasteiger partial charge in [0, 0.05) is 40.8 Å². The fourth-order valence-corrected chi connectivity index (χ4v) is 5.32. The zero-order valence-electron chi connectivity index (χ0n) is 21.3. The summed E-state index contributed by atoms with van der Waals surface area (Å²) in [6, 6.07) is 21.5. The number of aryl methyl sites for hydroxylation is 2. The number of benzene rings is 3. The van der Waals surface area contributed by atoms with Gasteiger partial charge in [0.25, 0.3) is 5.91 Å². The molecule has 0 spiro atoms. The third kappa shape index (κ3) is 3.50. The molecule has 1 unspecified atom stereocenters. The number of furan rings is 1. The number of rotatable bonds is 6. The number of para-hydroxylation sites is 2. The van der Waals surface area contributed by atoms with E-state index in [2.05, 4.69) is 6.92 Å². The van der Waals surface area contributed by atoms with Crippen molar-refractivity contribution in [1.82, 2.24) is 4.57 Å². The molecular formula is C31H26N2O5. The van der Waals surface area contributed by atoms with Crippen LogP contribution in [0.5, 0.6) is 5.75 Å². The average Bonchev–Trinajstić information content (AvgIpc) is 3.61. The molecule has 7 heteroatoms. The molecule has 1 atom stereocenters. The number of fused-ring (bicyclic) bond motifs is 2. The van der Waals surface area contributed by atoms with E-state index in [9.17, 15) is 14.7 Å². The molecule has 2 aromatic heterocycles. The molecule has 1 aliphatic heterocycles. The van der Waals surface area contributed by atoms with Crippen molar-refractivity contribution >= 4 is 39.2 Å². The number of ketones is 1. The molecule has 3 aromatic carbocycles. The number of carbonyl (C=O) groups excluding carboxylic acids is 2. The van der Waals surface area contributed by atoms with Gasteiger partial charge in [0.1, 0.15) is 0 Å². The maximum atomic E-state index is 14.0. The van der Waals surface area contributed by atoms with Crippen LogP contribution in [0.2, 0.25) is 0 Å². The monoisotopic (exact) mass is 506 g/mol. The molecule has 0 fully saturated rings. The Morgan fingerprint density at radius 1 is 1.05 bits per heavy atom. The van der Waals surface area contributed by atoms with E-state index >= 15 is 0 Å². The Hall–Kier alpha value is -4.78. The number of carbonyl (C=O) groups is 2.